The monoisotopic (exact) mass is 402 g/mol. The zero-order valence-electron chi connectivity index (χ0n) is 18.9. The van der Waals surface area contributed by atoms with Crippen LogP contribution in [0.2, 0.25) is 0 Å². The van der Waals surface area contributed by atoms with Crippen LogP contribution in [0.1, 0.15) is 36.1 Å². The average molecular weight is 403 g/mol. The van der Waals surface area contributed by atoms with Gasteiger partial charge >= 0.3 is 0 Å². The van der Waals surface area contributed by atoms with Gasteiger partial charge in [0.2, 0.25) is 0 Å². The van der Waals surface area contributed by atoms with E-state index in [-0.39, 0.29) is 0 Å². The van der Waals surface area contributed by atoms with Crippen LogP contribution in [0.3, 0.4) is 0 Å². The molecular formula is C31H30. The van der Waals surface area contributed by atoms with Gasteiger partial charge in [0.25, 0.3) is 0 Å². The minimum Gasteiger partial charge on any atom is -0.0683 e. The standard InChI is InChI=1S/C16H14.C13H10.C2H6/c1-11-13-7-3-5-9-15(13)12(2)16-10-6-4-8-14(11)16;1-3-7-12-10(5-1)9-11-6-2-4-8-13(11)12;1-2/h3-10H,1-2H3;1-8H,9H2;1-2H3. The Morgan fingerprint density at radius 3 is 1.06 bits per heavy atom. The van der Waals surface area contributed by atoms with Crippen molar-refractivity contribution in [1.29, 1.82) is 0 Å². The molecule has 0 unspecified atom stereocenters. The minimum absolute atomic E-state index is 1.10. The zero-order valence-corrected chi connectivity index (χ0v) is 18.9. The first-order chi connectivity index (χ1) is 15.2. The predicted molar refractivity (Wildman–Crippen MR) is 137 cm³/mol. The molecule has 1 aliphatic carbocycles. The van der Waals surface area contributed by atoms with Gasteiger partial charge in [0.1, 0.15) is 0 Å². The average Bonchev–Trinajstić information content (AvgIpc) is 3.23. The maximum Gasteiger partial charge on any atom is -0.00135 e. The molecule has 6 rings (SSSR count). The van der Waals surface area contributed by atoms with Crippen LogP contribution in [0.25, 0.3) is 32.7 Å². The SMILES string of the molecule is CC.Cc1c2ccccc2c(C)c2ccccc12.c1ccc2c(c1)Cc1ccccc1-2. The van der Waals surface area contributed by atoms with E-state index in [0.717, 1.165) is 6.42 Å². The first-order valence-corrected chi connectivity index (χ1v) is 11.3. The molecule has 0 amide bonds. The molecule has 0 nitrogen and oxygen atoms in total. The van der Waals surface area contributed by atoms with Gasteiger partial charge in [0, 0.05) is 0 Å². The molecule has 0 saturated carbocycles. The Hall–Kier alpha value is -3.38. The molecule has 5 aromatic carbocycles. The molecule has 0 aromatic heterocycles. The van der Waals surface area contributed by atoms with Crippen molar-refractivity contribution in [3.05, 3.63) is 119 Å². The van der Waals surface area contributed by atoms with Gasteiger partial charge < -0.3 is 0 Å². The van der Waals surface area contributed by atoms with Crippen LogP contribution in [0.5, 0.6) is 0 Å². The van der Waals surface area contributed by atoms with E-state index in [0.29, 0.717) is 0 Å². The van der Waals surface area contributed by atoms with Crippen molar-refractivity contribution >= 4 is 21.5 Å². The third-order valence-electron chi connectivity index (χ3n) is 6.18. The van der Waals surface area contributed by atoms with Gasteiger partial charge in [-0.15, -0.1) is 0 Å². The molecule has 0 aliphatic heterocycles. The first kappa shape index (κ1) is 20.9. The molecule has 0 N–H and O–H groups in total. The highest BCUT2D eigenvalue weighted by Gasteiger charge is 2.15. The van der Waals surface area contributed by atoms with Crippen molar-refractivity contribution in [3.8, 4) is 11.1 Å². The van der Waals surface area contributed by atoms with E-state index in [1.54, 1.807) is 0 Å². The van der Waals surface area contributed by atoms with Gasteiger partial charge in [-0.2, -0.15) is 0 Å². The fourth-order valence-corrected chi connectivity index (χ4v) is 4.64. The Morgan fingerprint density at radius 1 is 0.419 bits per heavy atom. The quantitative estimate of drug-likeness (QED) is 0.222. The summed E-state index contributed by atoms with van der Waals surface area (Å²) < 4.78 is 0. The topological polar surface area (TPSA) is 0 Å². The van der Waals surface area contributed by atoms with Crippen molar-refractivity contribution in [2.24, 2.45) is 0 Å². The van der Waals surface area contributed by atoms with Crippen LogP contribution in [0.15, 0.2) is 97.1 Å². The zero-order chi connectivity index (χ0) is 21.8. The maximum atomic E-state index is 2.22. The second kappa shape index (κ2) is 9.18. The minimum atomic E-state index is 1.10. The van der Waals surface area contributed by atoms with E-state index < -0.39 is 0 Å². The molecule has 5 aromatic rings. The lowest BCUT2D eigenvalue weighted by atomic mass is 9.93. The van der Waals surface area contributed by atoms with Gasteiger partial charge in [-0.1, -0.05) is 111 Å². The molecule has 0 radical (unpaired) electrons. The summed E-state index contributed by atoms with van der Waals surface area (Å²) in [4.78, 5) is 0. The number of benzene rings is 5. The van der Waals surface area contributed by atoms with Crippen molar-refractivity contribution in [2.45, 2.75) is 34.1 Å². The Morgan fingerprint density at radius 2 is 0.710 bits per heavy atom. The lowest BCUT2D eigenvalue weighted by molar-refractivity contribution is 1.26. The van der Waals surface area contributed by atoms with Crippen molar-refractivity contribution in [3.63, 3.8) is 0 Å². The number of fused-ring (bicyclic) bond motifs is 5. The molecule has 0 saturated heterocycles. The highest BCUT2D eigenvalue weighted by molar-refractivity contribution is 6.05. The van der Waals surface area contributed by atoms with E-state index in [1.165, 1.54) is 54.9 Å². The Bertz CT molecular complexity index is 1180. The summed E-state index contributed by atoms with van der Waals surface area (Å²) in [7, 11) is 0. The molecule has 0 atom stereocenters. The van der Waals surface area contributed by atoms with Gasteiger partial charge in [0.15, 0.2) is 0 Å². The van der Waals surface area contributed by atoms with Crippen molar-refractivity contribution in [2.75, 3.05) is 0 Å². The maximum absolute atomic E-state index is 2.22. The second-order valence-corrected chi connectivity index (χ2v) is 7.83. The largest absolute Gasteiger partial charge is 0.0683 e. The molecule has 0 bridgehead atoms. The fourth-order valence-electron chi connectivity index (χ4n) is 4.64. The molecule has 0 spiro atoms. The fraction of sp³-hybridized carbons (Fsp3) is 0.161. The van der Waals surface area contributed by atoms with Crippen LogP contribution in [0, 0.1) is 13.8 Å². The van der Waals surface area contributed by atoms with Crippen molar-refractivity contribution < 1.29 is 0 Å². The third-order valence-corrected chi connectivity index (χ3v) is 6.18. The molecule has 31 heavy (non-hydrogen) atoms. The summed E-state index contributed by atoms with van der Waals surface area (Å²) in [6.07, 6.45) is 1.10. The Labute approximate surface area is 186 Å². The van der Waals surface area contributed by atoms with E-state index in [9.17, 15) is 0 Å². The summed E-state index contributed by atoms with van der Waals surface area (Å²) in [5.41, 5.74) is 8.53. The molecule has 1 aliphatic rings. The number of hydrogen-bond donors (Lipinski definition) is 0. The molecule has 0 heteroatoms. The Kier molecular flexibility index (Phi) is 6.18. The highest BCUT2D eigenvalue weighted by Crippen LogP contribution is 2.35. The van der Waals surface area contributed by atoms with Gasteiger partial charge in [-0.05, 0) is 75.2 Å². The highest BCUT2D eigenvalue weighted by atomic mass is 14.2. The Balaban J connectivity index is 0.000000141. The lowest BCUT2D eigenvalue weighted by Gasteiger charge is -2.11. The van der Waals surface area contributed by atoms with Crippen LogP contribution in [-0.2, 0) is 6.42 Å². The van der Waals surface area contributed by atoms with Crippen molar-refractivity contribution in [1.82, 2.24) is 0 Å². The summed E-state index contributed by atoms with van der Waals surface area (Å²) in [6.45, 7) is 8.42. The number of hydrogen-bond acceptors (Lipinski definition) is 0. The predicted octanol–water partition coefficient (Wildman–Crippen LogP) is 8.89. The first-order valence-electron chi connectivity index (χ1n) is 11.3. The molecule has 0 fully saturated rings. The number of rotatable bonds is 0. The van der Waals surface area contributed by atoms with Crippen LogP contribution in [-0.4, -0.2) is 0 Å². The third kappa shape index (κ3) is 3.86. The van der Waals surface area contributed by atoms with E-state index in [2.05, 4.69) is 111 Å². The normalized spacial score (nSPS) is 11.1. The van der Waals surface area contributed by atoms with Crippen LogP contribution >= 0.6 is 0 Å². The second-order valence-electron chi connectivity index (χ2n) is 7.83. The summed E-state index contributed by atoms with van der Waals surface area (Å²) in [5, 5.41) is 5.50. The number of aryl methyl sites for hydroxylation is 2. The van der Waals surface area contributed by atoms with Gasteiger partial charge in [-0.3, -0.25) is 0 Å². The summed E-state index contributed by atoms with van der Waals surface area (Å²) in [5.74, 6) is 0. The summed E-state index contributed by atoms with van der Waals surface area (Å²) >= 11 is 0. The lowest BCUT2D eigenvalue weighted by Crippen LogP contribution is -1.87. The van der Waals surface area contributed by atoms with E-state index >= 15 is 0 Å². The molecule has 0 heterocycles. The van der Waals surface area contributed by atoms with Gasteiger partial charge in [0.05, 0.1) is 0 Å². The summed E-state index contributed by atoms with van der Waals surface area (Å²) in [6, 6.07) is 34.6. The van der Waals surface area contributed by atoms with Gasteiger partial charge in [-0.25, -0.2) is 0 Å². The van der Waals surface area contributed by atoms with E-state index in [4.69, 9.17) is 0 Å². The van der Waals surface area contributed by atoms with E-state index in [1.807, 2.05) is 13.8 Å². The molecular weight excluding hydrogens is 372 g/mol. The molecule has 154 valence electrons. The van der Waals surface area contributed by atoms with Crippen LogP contribution in [0.4, 0.5) is 0 Å². The smallest absolute Gasteiger partial charge is 0.00135 e. The van der Waals surface area contributed by atoms with Crippen LogP contribution < -0.4 is 0 Å².